The van der Waals surface area contributed by atoms with E-state index in [1.165, 1.54) is 11.1 Å². The van der Waals surface area contributed by atoms with Gasteiger partial charge >= 0.3 is 0 Å². The molecule has 1 fully saturated rings. The van der Waals surface area contributed by atoms with Crippen molar-refractivity contribution in [2.45, 2.75) is 32.2 Å². The van der Waals surface area contributed by atoms with E-state index in [1.807, 2.05) is 0 Å². The van der Waals surface area contributed by atoms with Gasteiger partial charge in [0.15, 0.2) is 0 Å². The maximum Gasteiger partial charge on any atom is 0.111 e. The molecule has 4 heteroatoms. The number of alkyl halides is 1. The maximum atomic E-state index is 5.94. The van der Waals surface area contributed by atoms with Crippen molar-refractivity contribution in [2.24, 2.45) is 0 Å². The minimum Gasteiger partial charge on any atom is -0.379 e. The number of hydrogen-bond acceptors (Lipinski definition) is 2. The Hall–Kier alpha value is -1.06. The first-order valence-corrected chi connectivity index (χ1v) is 7.30. The first-order valence-electron chi connectivity index (χ1n) is 6.77. The molecule has 2 heterocycles. The van der Waals surface area contributed by atoms with Crippen LogP contribution >= 0.6 is 11.6 Å². The van der Waals surface area contributed by atoms with E-state index in [2.05, 4.69) is 36.6 Å². The third-order valence-corrected chi connectivity index (χ3v) is 4.20. The van der Waals surface area contributed by atoms with E-state index in [1.54, 1.807) is 0 Å². The molecule has 1 aliphatic heterocycles. The molecule has 1 aromatic heterocycles. The van der Waals surface area contributed by atoms with Crippen molar-refractivity contribution < 1.29 is 4.74 Å². The lowest BCUT2D eigenvalue weighted by Crippen LogP contribution is -2.32. The molecule has 1 saturated heterocycles. The summed E-state index contributed by atoms with van der Waals surface area (Å²) in [6.07, 6.45) is 1.83. The van der Waals surface area contributed by atoms with Crippen molar-refractivity contribution >= 4 is 22.6 Å². The van der Waals surface area contributed by atoms with Gasteiger partial charge in [-0.25, -0.2) is 4.98 Å². The molecule has 2 aromatic rings. The number of benzene rings is 1. The fourth-order valence-electron chi connectivity index (χ4n) is 2.97. The van der Waals surface area contributed by atoms with Crippen molar-refractivity contribution in [3.63, 3.8) is 0 Å². The largest absolute Gasteiger partial charge is 0.379 e. The molecule has 3 nitrogen and oxygen atoms in total. The molecule has 19 heavy (non-hydrogen) atoms. The Morgan fingerprint density at radius 1 is 1.47 bits per heavy atom. The molecular formula is C15H19ClN2O. The fourth-order valence-corrected chi connectivity index (χ4v) is 3.14. The van der Waals surface area contributed by atoms with Crippen LogP contribution in [0.3, 0.4) is 0 Å². The number of halogens is 1. The van der Waals surface area contributed by atoms with Gasteiger partial charge in [-0.2, -0.15) is 0 Å². The molecule has 1 aliphatic rings. The highest BCUT2D eigenvalue weighted by Crippen LogP contribution is 2.33. The molecular weight excluding hydrogens is 260 g/mol. The molecule has 1 aromatic carbocycles. The van der Waals surface area contributed by atoms with Gasteiger partial charge in [-0.3, -0.25) is 0 Å². The lowest BCUT2D eigenvalue weighted by molar-refractivity contribution is 0.162. The quantitative estimate of drug-likeness (QED) is 0.806. The number of rotatable bonds is 3. The molecule has 0 N–H and O–H groups in total. The van der Waals surface area contributed by atoms with E-state index in [4.69, 9.17) is 21.3 Å². The van der Waals surface area contributed by atoms with Crippen LogP contribution in [0.4, 0.5) is 0 Å². The number of nitrogens with zero attached hydrogens (tertiary/aromatic N) is 2. The summed E-state index contributed by atoms with van der Waals surface area (Å²) in [5.41, 5.74) is 3.52. The molecule has 0 spiro atoms. The first kappa shape index (κ1) is 12.9. The summed E-state index contributed by atoms with van der Waals surface area (Å²) in [5, 5.41) is 0. The summed E-state index contributed by atoms with van der Waals surface area (Å²) in [5.74, 6) is 1.67. The standard InChI is InChI=1S/C15H19ClN2O/c1-11-4-3-5-12-14(11)17-13(6-8-16)18(12)15(2)7-9-19-10-15/h3-5H,6-10H2,1-2H3. The van der Waals surface area contributed by atoms with E-state index in [-0.39, 0.29) is 5.54 Å². The Kier molecular flexibility index (Phi) is 3.27. The van der Waals surface area contributed by atoms with Gasteiger partial charge in [0.05, 0.1) is 23.2 Å². The van der Waals surface area contributed by atoms with Crippen molar-refractivity contribution in [3.8, 4) is 0 Å². The number of aromatic nitrogens is 2. The van der Waals surface area contributed by atoms with Crippen molar-refractivity contribution in [1.82, 2.24) is 9.55 Å². The van der Waals surface area contributed by atoms with Gasteiger partial charge in [-0.05, 0) is 31.9 Å². The normalized spacial score (nSPS) is 23.3. The second-order valence-electron chi connectivity index (χ2n) is 5.54. The Balaban J connectivity index is 2.25. The van der Waals surface area contributed by atoms with Gasteiger partial charge in [0, 0.05) is 18.9 Å². The highest BCUT2D eigenvalue weighted by Gasteiger charge is 2.34. The van der Waals surface area contributed by atoms with Crippen LogP contribution in [-0.2, 0) is 16.7 Å². The van der Waals surface area contributed by atoms with Gasteiger partial charge in [0.1, 0.15) is 5.82 Å². The van der Waals surface area contributed by atoms with Crippen LogP contribution in [0.5, 0.6) is 0 Å². The zero-order valence-corrected chi connectivity index (χ0v) is 12.2. The topological polar surface area (TPSA) is 27.1 Å². The summed E-state index contributed by atoms with van der Waals surface area (Å²) < 4.78 is 7.97. The second kappa shape index (κ2) is 4.80. The number of imidazole rings is 1. The zero-order chi connectivity index (χ0) is 13.5. The monoisotopic (exact) mass is 278 g/mol. The summed E-state index contributed by atoms with van der Waals surface area (Å²) in [6, 6.07) is 6.35. The minimum atomic E-state index is 0.00390. The predicted molar refractivity (Wildman–Crippen MR) is 78.0 cm³/mol. The molecule has 102 valence electrons. The van der Waals surface area contributed by atoms with E-state index in [9.17, 15) is 0 Å². The summed E-state index contributed by atoms with van der Waals surface area (Å²) in [6.45, 7) is 5.93. The molecule has 3 rings (SSSR count). The predicted octanol–water partition coefficient (Wildman–Crippen LogP) is 3.26. The lowest BCUT2D eigenvalue weighted by Gasteiger charge is -2.27. The number of fused-ring (bicyclic) bond motifs is 1. The van der Waals surface area contributed by atoms with Gasteiger partial charge in [-0.1, -0.05) is 12.1 Å². The first-order chi connectivity index (χ1) is 9.15. The van der Waals surface area contributed by atoms with Crippen LogP contribution in [0.1, 0.15) is 24.7 Å². The number of para-hydroxylation sites is 1. The number of hydrogen-bond donors (Lipinski definition) is 0. The smallest absolute Gasteiger partial charge is 0.111 e. The Morgan fingerprint density at radius 2 is 2.32 bits per heavy atom. The van der Waals surface area contributed by atoms with Crippen LogP contribution < -0.4 is 0 Å². The molecule has 1 unspecified atom stereocenters. The van der Waals surface area contributed by atoms with E-state index in [0.29, 0.717) is 5.88 Å². The van der Waals surface area contributed by atoms with Gasteiger partial charge in [-0.15, -0.1) is 11.6 Å². The fraction of sp³-hybridized carbons (Fsp3) is 0.533. The van der Waals surface area contributed by atoms with E-state index in [0.717, 1.165) is 37.4 Å². The van der Waals surface area contributed by atoms with Crippen LogP contribution in [0.2, 0.25) is 0 Å². The molecule has 0 aliphatic carbocycles. The number of ether oxygens (including phenoxy) is 1. The maximum absolute atomic E-state index is 5.94. The van der Waals surface area contributed by atoms with Crippen molar-refractivity contribution in [1.29, 1.82) is 0 Å². The third-order valence-electron chi connectivity index (χ3n) is 4.01. The van der Waals surface area contributed by atoms with Crippen molar-refractivity contribution in [3.05, 3.63) is 29.6 Å². The van der Waals surface area contributed by atoms with Crippen LogP contribution in [0.15, 0.2) is 18.2 Å². The minimum absolute atomic E-state index is 0.00390. The van der Waals surface area contributed by atoms with E-state index >= 15 is 0 Å². The number of aryl methyl sites for hydroxylation is 2. The molecule has 1 atom stereocenters. The lowest BCUT2D eigenvalue weighted by atomic mass is 10.0. The van der Waals surface area contributed by atoms with Crippen LogP contribution in [-0.4, -0.2) is 28.6 Å². The summed E-state index contributed by atoms with van der Waals surface area (Å²) >= 11 is 5.94. The molecule has 0 radical (unpaired) electrons. The van der Waals surface area contributed by atoms with Gasteiger partial charge in [0.25, 0.3) is 0 Å². The highest BCUT2D eigenvalue weighted by molar-refractivity contribution is 6.17. The molecule has 0 saturated carbocycles. The van der Waals surface area contributed by atoms with Crippen LogP contribution in [0, 0.1) is 6.92 Å². The van der Waals surface area contributed by atoms with E-state index < -0.39 is 0 Å². The Labute approximate surface area is 118 Å². The SMILES string of the molecule is Cc1cccc2c1nc(CCCl)n2C1(C)CCOC1. The average molecular weight is 279 g/mol. The summed E-state index contributed by atoms with van der Waals surface area (Å²) in [7, 11) is 0. The second-order valence-corrected chi connectivity index (χ2v) is 5.92. The highest BCUT2D eigenvalue weighted by atomic mass is 35.5. The van der Waals surface area contributed by atoms with Gasteiger partial charge in [0.2, 0.25) is 0 Å². The van der Waals surface area contributed by atoms with Crippen molar-refractivity contribution in [2.75, 3.05) is 19.1 Å². The van der Waals surface area contributed by atoms with Crippen LogP contribution in [0.25, 0.3) is 11.0 Å². The third kappa shape index (κ3) is 2.05. The molecule has 0 bridgehead atoms. The Morgan fingerprint density at radius 3 is 3.00 bits per heavy atom. The zero-order valence-electron chi connectivity index (χ0n) is 11.4. The molecule has 0 amide bonds. The summed E-state index contributed by atoms with van der Waals surface area (Å²) in [4.78, 5) is 4.81. The average Bonchev–Trinajstić information content (AvgIpc) is 2.95. The van der Waals surface area contributed by atoms with Gasteiger partial charge < -0.3 is 9.30 Å². The Bertz CT molecular complexity index is 599.